The standard InChI is InChI=1S/C22H23N5O3/c1-2-11-26-17-7-3-4-8-18(17)27(22(30)21(26)29)16-20(28)25-14-12-24(13-15-25)19-9-5-6-10-23-19/h2-10H,1,11-16H2. The Balaban J connectivity index is 1.56. The summed E-state index contributed by atoms with van der Waals surface area (Å²) in [6, 6.07) is 12.9. The Kier molecular flexibility index (Phi) is 5.47. The maximum Gasteiger partial charge on any atom is 0.317 e. The number of anilines is 1. The van der Waals surface area contributed by atoms with E-state index in [9.17, 15) is 14.4 Å². The minimum absolute atomic E-state index is 0.160. The van der Waals surface area contributed by atoms with Gasteiger partial charge in [0.1, 0.15) is 12.4 Å². The number of piperazine rings is 1. The molecule has 8 heteroatoms. The SMILES string of the molecule is C=CCn1c(=O)c(=O)n(CC(=O)N2CCN(c3ccccn3)CC2)c2ccccc21. The number of pyridine rings is 1. The van der Waals surface area contributed by atoms with Gasteiger partial charge in [0.25, 0.3) is 0 Å². The zero-order valence-corrected chi connectivity index (χ0v) is 16.6. The van der Waals surface area contributed by atoms with Crippen molar-refractivity contribution < 1.29 is 4.79 Å². The predicted molar refractivity (Wildman–Crippen MR) is 116 cm³/mol. The second-order valence-corrected chi connectivity index (χ2v) is 7.14. The minimum atomic E-state index is -0.698. The van der Waals surface area contributed by atoms with Gasteiger partial charge in [-0.05, 0) is 24.3 Å². The van der Waals surface area contributed by atoms with Crippen LogP contribution in [0.5, 0.6) is 0 Å². The second kappa shape index (κ2) is 8.36. The van der Waals surface area contributed by atoms with Crippen molar-refractivity contribution in [3.05, 3.63) is 82.0 Å². The highest BCUT2D eigenvalue weighted by atomic mass is 16.2. The molecule has 0 saturated carbocycles. The Bertz CT molecular complexity index is 1190. The van der Waals surface area contributed by atoms with E-state index in [-0.39, 0.29) is 19.0 Å². The van der Waals surface area contributed by atoms with Crippen molar-refractivity contribution in [2.24, 2.45) is 0 Å². The molecular formula is C22H23N5O3. The van der Waals surface area contributed by atoms with Gasteiger partial charge in [0.15, 0.2) is 0 Å². The van der Waals surface area contributed by atoms with Gasteiger partial charge in [-0.3, -0.25) is 23.5 Å². The average molecular weight is 405 g/mol. The van der Waals surface area contributed by atoms with Gasteiger partial charge in [-0.15, -0.1) is 6.58 Å². The first-order valence-electron chi connectivity index (χ1n) is 9.87. The number of aromatic nitrogens is 3. The van der Waals surface area contributed by atoms with Crippen LogP contribution in [-0.2, 0) is 17.9 Å². The molecule has 1 aromatic carbocycles. The molecule has 0 aliphatic carbocycles. The van der Waals surface area contributed by atoms with E-state index in [0.717, 1.165) is 5.82 Å². The molecule has 0 radical (unpaired) electrons. The molecule has 4 rings (SSSR count). The Morgan fingerprint density at radius 3 is 2.20 bits per heavy atom. The summed E-state index contributed by atoms with van der Waals surface area (Å²) in [5.41, 5.74) is -0.184. The largest absolute Gasteiger partial charge is 0.353 e. The summed E-state index contributed by atoms with van der Waals surface area (Å²) in [5.74, 6) is 0.710. The van der Waals surface area contributed by atoms with Crippen LogP contribution in [0.3, 0.4) is 0 Å². The minimum Gasteiger partial charge on any atom is -0.353 e. The first-order valence-corrected chi connectivity index (χ1v) is 9.87. The smallest absolute Gasteiger partial charge is 0.317 e. The van der Waals surface area contributed by atoms with Gasteiger partial charge in [0.2, 0.25) is 5.91 Å². The van der Waals surface area contributed by atoms with Crippen LogP contribution in [0.4, 0.5) is 5.82 Å². The molecular weight excluding hydrogens is 382 g/mol. The Labute approximate surface area is 173 Å². The fourth-order valence-corrected chi connectivity index (χ4v) is 3.80. The third-order valence-electron chi connectivity index (χ3n) is 5.35. The molecule has 30 heavy (non-hydrogen) atoms. The van der Waals surface area contributed by atoms with Crippen molar-refractivity contribution in [3.63, 3.8) is 0 Å². The number of amides is 1. The molecule has 8 nitrogen and oxygen atoms in total. The predicted octanol–water partition coefficient (Wildman–Crippen LogP) is 1.09. The molecule has 1 fully saturated rings. The summed E-state index contributed by atoms with van der Waals surface area (Å²) in [6.07, 6.45) is 3.32. The van der Waals surface area contributed by atoms with Crippen molar-refractivity contribution in [3.8, 4) is 0 Å². The van der Waals surface area contributed by atoms with E-state index in [1.807, 2.05) is 18.2 Å². The van der Waals surface area contributed by atoms with Crippen LogP contribution in [0.15, 0.2) is 70.9 Å². The van der Waals surface area contributed by atoms with E-state index < -0.39 is 11.1 Å². The highest BCUT2D eigenvalue weighted by Crippen LogP contribution is 2.14. The molecule has 1 saturated heterocycles. The Hall–Kier alpha value is -3.68. The highest BCUT2D eigenvalue weighted by Gasteiger charge is 2.23. The normalized spacial score (nSPS) is 14.1. The average Bonchev–Trinajstić information content (AvgIpc) is 2.80. The molecule has 0 atom stereocenters. The summed E-state index contributed by atoms with van der Waals surface area (Å²) in [6.45, 7) is 6.14. The maximum atomic E-state index is 12.9. The number of hydrogen-bond acceptors (Lipinski definition) is 5. The van der Waals surface area contributed by atoms with Crippen molar-refractivity contribution in [1.82, 2.24) is 19.0 Å². The maximum absolute atomic E-state index is 12.9. The number of fused-ring (bicyclic) bond motifs is 1. The van der Waals surface area contributed by atoms with Crippen LogP contribution in [-0.4, -0.2) is 51.1 Å². The van der Waals surface area contributed by atoms with Crippen LogP contribution in [0.25, 0.3) is 11.0 Å². The number of carbonyl (C=O) groups is 1. The molecule has 0 unspecified atom stereocenters. The summed E-state index contributed by atoms with van der Waals surface area (Å²) >= 11 is 0. The van der Waals surface area contributed by atoms with Crippen molar-refractivity contribution in [2.45, 2.75) is 13.1 Å². The van der Waals surface area contributed by atoms with Crippen molar-refractivity contribution in [1.29, 1.82) is 0 Å². The van der Waals surface area contributed by atoms with Gasteiger partial charge < -0.3 is 9.80 Å². The topological polar surface area (TPSA) is 80.4 Å². The Morgan fingerprint density at radius 1 is 0.933 bits per heavy atom. The summed E-state index contributed by atoms with van der Waals surface area (Å²) in [4.78, 5) is 46.5. The second-order valence-electron chi connectivity index (χ2n) is 7.14. The van der Waals surface area contributed by atoms with Crippen molar-refractivity contribution >= 4 is 22.8 Å². The fraction of sp³-hybridized carbons (Fsp3) is 0.273. The van der Waals surface area contributed by atoms with Gasteiger partial charge in [-0.25, -0.2) is 4.98 Å². The van der Waals surface area contributed by atoms with Crippen LogP contribution >= 0.6 is 0 Å². The lowest BCUT2D eigenvalue weighted by molar-refractivity contribution is -0.132. The number of rotatable bonds is 5. The van der Waals surface area contributed by atoms with E-state index in [4.69, 9.17) is 0 Å². The number of allylic oxidation sites excluding steroid dienone is 1. The first-order chi connectivity index (χ1) is 14.6. The molecule has 0 bridgehead atoms. The molecule has 1 aliphatic rings. The van der Waals surface area contributed by atoms with Gasteiger partial charge in [0.05, 0.1) is 11.0 Å². The summed E-state index contributed by atoms with van der Waals surface area (Å²) in [5, 5.41) is 0. The van der Waals surface area contributed by atoms with E-state index >= 15 is 0 Å². The van der Waals surface area contributed by atoms with Crippen LogP contribution in [0.1, 0.15) is 0 Å². The van der Waals surface area contributed by atoms with Crippen molar-refractivity contribution in [2.75, 3.05) is 31.1 Å². The zero-order chi connectivity index (χ0) is 21.1. The molecule has 154 valence electrons. The van der Waals surface area contributed by atoms with Gasteiger partial charge >= 0.3 is 11.1 Å². The Morgan fingerprint density at radius 2 is 1.57 bits per heavy atom. The third-order valence-corrected chi connectivity index (χ3v) is 5.35. The molecule has 1 aliphatic heterocycles. The lowest BCUT2D eigenvalue weighted by Gasteiger charge is -2.35. The first kappa shape index (κ1) is 19.6. The molecule has 3 heterocycles. The van der Waals surface area contributed by atoms with E-state index in [0.29, 0.717) is 37.2 Å². The zero-order valence-electron chi connectivity index (χ0n) is 16.6. The van der Waals surface area contributed by atoms with Gasteiger partial charge in [-0.1, -0.05) is 24.3 Å². The number of para-hydroxylation sites is 2. The lowest BCUT2D eigenvalue weighted by atomic mass is 10.2. The molecule has 1 amide bonds. The number of hydrogen-bond donors (Lipinski definition) is 0. The van der Waals surface area contributed by atoms with E-state index in [1.54, 1.807) is 41.4 Å². The number of nitrogens with zero attached hydrogens (tertiary/aromatic N) is 5. The molecule has 0 N–H and O–H groups in total. The monoisotopic (exact) mass is 405 g/mol. The highest BCUT2D eigenvalue weighted by molar-refractivity contribution is 5.80. The number of benzene rings is 1. The molecule has 3 aromatic rings. The van der Waals surface area contributed by atoms with E-state index in [1.165, 1.54) is 9.13 Å². The van der Waals surface area contributed by atoms with E-state index in [2.05, 4.69) is 16.5 Å². The summed E-state index contributed by atoms with van der Waals surface area (Å²) in [7, 11) is 0. The quantitative estimate of drug-likeness (QED) is 0.469. The van der Waals surface area contributed by atoms with Gasteiger partial charge in [0, 0.05) is 38.9 Å². The van der Waals surface area contributed by atoms with Crippen LogP contribution in [0.2, 0.25) is 0 Å². The molecule has 0 spiro atoms. The third kappa shape index (κ3) is 3.63. The number of carbonyl (C=O) groups excluding carboxylic acids is 1. The fourth-order valence-electron chi connectivity index (χ4n) is 3.80. The van der Waals surface area contributed by atoms with Gasteiger partial charge in [-0.2, -0.15) is 0 Å². The van der Waals surface area contributed by atoms with Crippen LogP contribution in [0, 0.1) is 0 Å². The van der Waals surface area contributed by atoms with Crippen LogP contribution < -0.4 is 16.0 Å². The molecule has 2 aromatic heterocycles. The summed E-state index contributed by atoms with van der Waals surface area (Å²) < 4.78 is 2.67. The lowest BCUT2D eigenvalue weighted by Crippen LogP contribution is -2.51.